The summed E-state index contributed by atoms with van der Waals surface area (Å²) in [5, 5.41) is 25.5. The van der Waals surface area contributed by atoms with Gasteiger partial charge >= 0.3 is 0 Å². The van der Waals surface area contributed by atoms with Crippen LogP contribution >= 0.6 is 0 Å². The van der Waals surface area contributed by atoms with Gasteiger partial charge in [0.05, 0.1) is 17.8 Å². The zero-order chi connectivity index (χ0) is 19.4. The van der Waals surface area contributed by atoms with Gasteiger partial charge in [0.25, 0.3) is 0 Å². The number of benzene rings is 1. The predicted octanol–water partition coefficient (Wildman–Crippen LogP) is 0.112. The second-order valence-corrected chi connectivity index (χ2v) is 6.66. The van der Waals surface area contributed by atoms with Gasteiger partial charge in [0.1, 0.15) is 12.1 Å². The molecule has 8 heteroatoms. The normalized spacial score (nSPS) is 17.6. The number of carbonyl (C=O) groups is 2. The second kappa shape index (κ2) is 8.01. The first kappa shape index (κ1) is 18.6. The molecule has 2 amide bonds. The lowest BCUT2D eigenvalue weighted by Crippen LogP contribution is -2.46. The van der Waals surface area contributed by atoms with Gasteiger partial charge in [0.15, 0.2) is 0 Å². The molecular formula is C19H21N5O3. The lowest BCUT2D eigenvalue weighted by atomic mass is 10.1. The Morgan fingerprint density at radius 3 is 2.78 bits per heavy atom. The van der Waals surface area contributed by atoms with E-state index in [1.165, 1.54) is 0 Å². The number of aryl methyl sites for hydroxylation is 1. The molecule has 1 aromatic heterocycles. The molecule has 1 aliphatic rings. The lowest BCUT2D eigenvalue weighted by molar-refractivity contribution is -0.136. The SMILES string of the molecule is Cn1cc(CC(O)C(=O)NC2CCN(Cc3ccc(C#N)cc3)C2=O)cn1. The third-order valence-corrected chi connectivity index (χ3v) is 4.56. The first-order valence-electron chi connectivity index (χ1n) is 8.70. The van der Waals surface area contributed by atoms with E-state index in [0.29, 0.717) is 25.1 Å². The fourth-order valence-electron chi connectivity index (χ4n) is 3.10. The van der Waals surface area contributed by atoms with Crippen LogP contribution in [0.25, 0.3) is 0 Å². The minimum atomic E-state index is -1.23. The number of nitriles is 1. The van der Waals surface area contributed by atoms with E-state index in [0.717, 1.165) is 11.1 Å². The van der Waals surface area contributed by atoms with Crippen molar-refractivity contribution in [1.29, 1.82) is 5.26 Å². The Bertz CT molecular complexity index is 868. The quantitative estimate of drug-likeness (QED) is 0.753. The topological polar surface area (TPSA) is 111 Å². The van der Waals surface area contributed by atoms with Gasteiger partial charge in [-0.15, -0.1) is 0 Å². The van der Waals surface area contributed by atoms with Crippen molar-refractivity contribution in [2.24, 2.45) is 7.05 Å². The highest BCUT2D eigenvalue weighted by atomic mass is 16.3. The van der Waals surface area contributed by atoms with Gasteiger partial charge in [0, 0.05) is 32.8 Å². The first-order chi connectivity index (χ1) is 13.0. The van der Waals surface area contributed by atoms with Gasteiger partial charge in [-0.2, -0.15) is 10.4 Å². The molecule has 2 aromatic rings. The third kappa shape index (κ3) is 4.51. The highest BCUT2D eigenvalue weighted by Crippen LogP contribution is 2.16. The summed E-state index contributed by atoms with van der Waals surface area (Å²) in [6.07, 6.45) is 2.75. The van der Waals surface area contributed by atoms with Crippen molar-refractivity contribution in [3.63, 3.8) is 0 Å². The maximum absolute atomic E-state index is 12.5. The smallest absolute Gasteiger partial charge is 0.249 e. The van der Waals surface area contributed by atoms with Crippen molar-refractivity contribution in [3.05, 3.63) is 53.3 Å². The third-order valence-electron chi connectivity index (χ3n) is 4.56. The molecular weight excluding hydrogens is 346 g/mol. The van der Waals surface area contributed by atoms with E-state index in [1.54, 1.807) is 41.2 Å². The van der Waals surface area contributed by atoms with E-state index < -0.39 is 18.1 Å². The molecule has 140 valence electrons. The largest absolute Gasteiger partial charge is 0.383 e. The standard InChI is InChI=1S/C19H21N5O3/c1-23-11-15(10-21-23)8-17(25)18(26)22-16-6-7-24(19(16)27)12-14-4-2-13(9-20)3-5-14/h2-5,10-11,16-17,25H,6-8,12H2,1H3,(H,22,26). The van der Waals surface area contributed by atoms with Crippen LogP contribution in [0, 0.1) is 11.3 Å². The molecule has 2 unspecified atom stereocenters. The Kier molecular flexibility index (Phi) is 5.52. The van der Waals surface area contributed by atoms with Crippen LogP contribution < -0.4 is 5.32 Å². The van der Waals surface area contributed by atoms with Crippen molar-refractivity contribution in [2.45, 2.75) is 31.5 Å². The number of rotatable bonds is 6. The highest BCUT2D eigenvalue weighted by molar-refractivity contribution is 5.90. The second-order valence-electron chi connectivity index (χ2n) is 6.66. The Balaban J connectivity index is 1.53. The van der Waals surface area contributed by atoms with Gasteiger partial charge in [-0.25, -0.2) is 0 Å². The molecule has 2 N–H and O–H groups in total. The molecule has 0 saturated carbocycles. The van der Waals surface area contributed by atoms with Crippen LogP contribution in [0.4, 0.5) is 0 Å². The van der Waals surface area contributed by atoms with Crippen LogP contribution in [-0.4, -0.2) is 50.3 Å². The molecule has 0 spiro atoms. The van der Waals surface area contributed by atoms with Crippen LogP contribution in [0.5, 0.6) is 0 Å². The van der Waals surface area contributed by atoms with Crippen LogP contribution in [0.1, 0.15) is 23.1 Å². The van der Waals surface area contributed by atoms with E-state index in [1.807, 2.05) is 12.1 Å². The molecule has 8 nitrogen and oxygen atoms in total. The summed E-state index contributed by atoms with van der Waals surface area (Å²) >= 11 is 0. The highest BCUT2D eigenvalue weighted by Gasteiger charge is 2.33. The fraction of sp³-hybridized carbons (Fsp3) is 0.368. The van der Waals surface area contributed by atoms with Crippen LogP contribution in [0.3, 0.4) is 0 Å². The number of nitrogens with one attached hydrogen (secondary N) is 1. The molecule has 3 rings (SSSR count). The van der Waals surface area contributed by atoms with E-state index in [2.05, 4.69) is 16.5 Å². The predicted molar refractivity (Wildman–Crippen MR) is 96.0 cm³/mol. The minimum Gasteiger partial charge on any atom is -0.383 e. The number of aliphatic hydroxyl groups is 1. The summed E-state index contributed by atoms with van der Waals surface area (Å²) in [4.78, 5) is 26.4. The average molecular weight is 367 g/mol. The molecule has 1 fully saturated rings. The number of aromatic nitrogens is 2. The maximum Gasteiger partial charge on any atom is 0.249 e. The first-order valence-corrected chi connectivity index (χ1v) is 8.70. The summed E-state index contributed by atoms with van der Waals surface area (Å²) in [5.74, 6) is -0.723. The lowest BCUT2D eigenvalue weighted by Gasteiger charge is -2.18. The van der Waals surface area contributed by atoms with Crippen molar-refractivity contribution in [1.82, 2.24) is 20.0 Å². The zero-order valence-corrected chi connectivity index (χ0v) is 15.0. The van der Waals surface area contributed by atoms with Gasteiger partial charge < -0.3 is 15.3 Å². The number of hydrogen-bond donors (Lipinski definition) is 2. The van der Waals surface area contributed by atoms with Crippen molar-refractivity contribution < 1.29 is 14.7 Å². The van der Waals surface area contributed by atoms with E-state index in [9.17, 15) is 14.7 Å². The minimum absolute atomic E-state index is 0.148. The van der Waals surface area contributed by atoms with Crippen LogP contribution in [-0.2, 0) is 29.6 Å². The van der Waals surface area contributed by atoms with Gasteiger partial charge in [-0.05, 0) is 29.7 Å². The summed E-state index contributed by atoms with van der Waals surface area (Å²) < 4.78 is 1.60. The maximum atomic E-state index is 12.5. The number of likely N-dealkylation sites (tertiary alicyclic amines) is 1. The molecule has 0 bridgehead atoms. The zero-order valence-electron chi connectivity index (χ0n) is 15.0. The summed E-state index contributed by atoms with van der Waals surface area (Å²) in [6.45, 7) is 0.956. The van der Waals surface area contributed by atoms with Crippen molar-refractivity contribution in [3.8, 4) is 6.07 Å². The number of aliphatic hydroxyl groups excluding tert-OH is 1. The Morgan fingerprint density at radius 1 is 1.41 bits per heavy atom. The van der Waals surface area contributed by atoms with Gasteiger partial charge in [0.2, 0.25) is 11.8 Å². The van der Waals surface area contributed by atoms with Crippen LogP contribution in [0.15, 0.2) is 36.7 Å². The van der Waals surface area contributed by atoms with E-state index in [4.69, 9.17) is 5.26 Å². The van der Waals surface area contributed by atoms with Crippen molar-refractivity contribution >= 4 is 11.8 Å². The summed E-state index contributed by atoms with van der Waals surface area (Å²) in [6, 6.07) is 8.49. The Hall–Kier alpha value is -3.18. The van der Waals surface area contributed by atoms with Gasteiger partial charge in [-0.3, -0.25) is 14.3 Å². The molecule has 1 aliphatic heterocycles. The number of nitrogens with zero attached hydrogens (tertiary/aromatic N) is 4. The number of carbonyl (C=O) groups excluding carboxylic acids is 2. The molecule has 0 radical (unpaired) electrons. The average Bonchev–Trinajstić information content (AvgIpc) is 3.22. The van der Waals surface area contributed by atoms with E-state index >= 15 is 0 Å². The molecule has 1 aromatic carbocycles. The number of amides is 2. The molecule has 2 heterocycles. The summed E-state index contributed by atoms with van der Waals surface area (Å²) in [5.41, 5.74) is 2.24. The van der Waals surface area contributed by atoms with Crippen LogP contribution in [0.2, 0.25) is 0 Å². The Labute approximate surface area is 157 Å². The Morgan fingerprint density at radius 2 is 2.15 bits per heavy atom. The molecule has 1 saturated heterocycles. The van der Waals surface area contributed by atoms with Gasteiger partial charge in [-0.1, -0.05) is 12.1 Å². The monoisotopic (exact) mass is 367 g/mol. The van der Waals surface area contributed by atoms with E-state index in [-0.39, 0.29) is 12.3 Å². The summed E-state index contributed by atoms with van der Waals surface area (Å²) in [7, 11) is 1.76. The molecule has 27 heavy (non-hydrogen) atoms. The van der Waals surface area contributed by atoms with Crippen molar-refractivity contribution in [2.75, 3.05) is 6.54 Å². The number of hydrogen-bond acceptors (Lipinski definition) is 5. The molecule has 0 aliphatic carbocycles. The fourth-order valence-corrected chi connectivity index (χ4v) is 3.10. The molecule has 2 atom stereocenters.